The number of esters is 1. The van der Waals surface area contributed by atoms with Gasteiger partial charge in [0.2, 0.25) is 0 Å². The first kappa shape index (κ1) is 23.6. The minimum absolute atomic E-state index is 0.0811. The lowest BCUT2D eigenvalue weighted by molar-refractivity contribution is -0.144. The van der Waals surface area contributed by atoms with Crippen molar-refractivity contribution in [1.29, 1.82) is 0 Å². The highest BCUT2D eigenvalue weighted by Crippen LogP contribution is 2.36. The van der Waals surface area contributed by atoms with Crippen molar-refractivity contribution in [3.05, 3.63) is 59.4 Å². The van der Waals surface area contributed by atoms with Crippen molar-refractivity contribution in [1.82, 2.24) is 4.90 Å². The normalized spacial score (nSPS) is 15.2. The molecule has 32 heavy (non-hydrogen) atoms. The van der Waals surface area contributed by atoms with Crippen molar-refractivity contribution in [2.45, 2.75) is 32.1 Å². The summed E-state index contributed by atoms with van der Waals surface area (Å²) in [5, 5.41) is 0. The van der Waals surface area contributed by atoms with Crippen LogP contribution in [0, 0.1) is 11.7 Å². The highest BCUT2D eigenvalue weighted by atomic mass is 19.1. The molecule has 7 heteroatoms. The van der Waals surface area contributed by atoms with E-state index in [2.05, 4.69) is 0 Å². The molecule has 0 N–H and O–H groups in total. The van der Waals surface area contributed by atoms with Gasteiger partial charge in [0, 0.05) is 19.2 Å². The fourth-order valence-electron chi connectivity index (χ4n) is 4.32. The summed E-state index contributed by atoms with van der Waals surface area (Å²) < 4.78 is 29.2. The van der Waals surface area contributed by atoms with Crippen LogP contribution in [0.1, 0.15) is 48.0 Å². The summed E-state index contributed by atoms with van der Waals surface area (Å²) in [5.74, 6) is 0.544. The van der Waals surface area contributed by atoms with Crippen LogP contribution in [0.15, 0.2) is 42.5 Å². The predicted octanol–water partition coefficient (Wildman–Crippen LogP) is 4.43. The minimum Gasteiger partial charge on any atom is -0.497 e. The number of nitrogens with zero attached hydrogens (tertiary/aromatic N) is 1. The predicted molar refractivity (Wildman–Crippen MR) is 119 cm³/mol. The standard InChI is InChI=1S/C25H30FNO5/c1-4-32-24(28)16-22(17-5-7-19(26)8-6-17)18-11-13-27(14-12-18)25(29)21-10-9-20(30-2)15-23(21)31-3/h5-10,15,18,22H,4,11-14,16H2,1-3H3/t22-/m1/s1. The molecule has 1 heterocycles. The van der Waals surface area contributed by atoms with E-state index in [0.717, 1.165) is 18.4 Å². The maximum Gasteiger partial charge on any atom is 0.306 e. The van der Waals surface area contributed by atoms with Crippen LogP contribution in [-0.4, -0.2) is 50.7 Å². The Morgan fingerprint density at radius 3 is 2.34 bits per heavy atom. The zero-order chi connectivity index (χ0) is 23.1. The van der Waals surface area contributed by atoms with Gasteiger partial charge in [-0.15, -0.1) is 0 Å². The van der Waals surface area contributed by atoms with Gasteiger partial charge in [-0.1, -0.05) is 12.1 Å². The van der Waals surface area contributed by atoms with E-state index in [0.29, 0.717) is 36.8 Å². The van der Waals surface area contributed by atoms with Gasteiger partial charge in [0.1, 0.15) is 17.3 Å². The molecule has 6 nitrogen and oxygen atoms in total. The maximum atomic E-state index is 13.4. The van der Waals surface area contributed by atoms with Gasteiger partial charge < -0.3 is 19.1 Å². The molecule has 0 spiro atoms. The van der Waals surface area contributed by atoms with E-state index < -0.39 is 0 Å². The van der Waals surface area contributed by atoms with Crippen molar-refractivity contribution in [3.63, 3.8) is 0 Å². The number of piperidine rings is 1. The van der Waals surface area contributed by atoms with Crippen LogP contribution in [0.25, 0.3) is 0 Å². The fourth-order valence-corrected chi connectivity index (χ4v) is 4.32. The van der Waals surface area contributed by atoms with Gasteiger partial charge >= 0.3 is 5.97 Å². The van der Waals surface area contributed by atoms with Crippen LogP contribution in [0.5, 0.6) is 11.5 Å². The van der Waals surface area contributed by atoms with E-state index >= 15 is 0 Å². The number of hydrogen-bond donors (Lipinski definition) is 0. The highest BCUT2D eigenvalue weighted by molar-refractivity contribution is 5.97. The lowest BCUT2D eigenvalue weighted by Gasteiger charge is -2.36. The van der Waals surface area contributed by atoms with Crippen LogP contribution in [-0.2, 0) is 9.53 Å². The average Bonchev–Trinajstić information content (AvgIpc) is 2.82. The summed E-state index contributed by atoms with van der Waals surface area (Å²) in [5.41, 5.74) is 1.41. The summed E-state index contributed by atoms with van der Waals surface area (Å²) in [7, 11) is 3.09. The second kappa shape index (κ2) is 11.0. The lowest BCUT2D eigenvalue weighted by Crippen LogP contribution is -2.40. The molecule has 1 saturated heterocycles. The molecule has 0 aromatic heterocycles. The van der Waals surface area contributed by atoms with Crippen molar-refractivity contribution < 1.29 is 28.2 Å². The van der Waals surface area contributed by atoms with Crippen LogP contribution >= 0.6 is 0 Å². The molecule has 1 amide bonds. The molecule has 3 rings (SSSR count). The molecule has 0 radical (unpaired) electrons. The third-order valence-corrected chi connectivity index (χ3v) is 6.03. The summed E-state index contributed by atoms with van der Waals surface area (Å²) in [6.07, 6.45) is 1.72. The molecule has 0 unspecified atom stereocenters. The molecule has 2 aromatic carbocycles. The molecule has 172 valence electrons. The first-order valence-electron chi connectivity index (χ1n) is 10.9. The molecule has 1 aliphatic rings. The molecule has 0 saturated carbocycles. The Hall–Kier alpha value is -3.09. The Morgan fingerprint density at radius 1 is 1.06 bits per heavy atom. The first-order valence-corrected chi connectivity index (χ1v) is 10.9. The van der Waals surface area contributed by atoms with Crippen LogP contribution in [0.4, 0.5) is 4.39 Å². The number of methoxy groups -OCH3 is 2. The topological polar surface area (TPSA) is 65.1 Å². The van der Waals surface area contributed by atoms with Gasteiger partial charge in [-0.2, -0.15) is 0 Å². The number of carbonyl (C=O) groups is 2. The van der Waals surface area contributed by atoms with Crippen LogP contribution in [0.2, 0.25) is 0 Å². The number of halogens is 1. The van der Waals surface area contributed by atoms with Gasteiger partial charge in [0.15, 0.2) is 0 Å². The third kappa shape index (κ3) is 5.58. The summed E-state index contributed by atoms with van der Waals surface area (Å²) in [4.78, 5) is 27.2. The van der Waals surface area contributed by atoms with E-state index in [1.807, 2.05) is 4.90 Å². The van der Waals surface area contributed by atoms with Gasteiger partial charge in [-0.25, -0.2) is 4.39 Å². The second-order valence-electron chi connectivity index (χ2n) is 7.86. The molecule has 1 aliphatic heterocycles. The molecule has 2 aromatic rings. The van der Waals surface area contributed by atoms with Crippen molar-refractivity contribution >= 4 is 11.9 Å². The molecular formula is C25H30FNO5. The zero-order valence-corrected chi connectivity index (χ0v) is 18.8. The van der Waals surface area contributed by atoms with Crippen molar-refractivity contribution in [2.75, 3.05) is 33.9 Å². The van der Waals surface area contributed by atoms with Gasteiger partial charge in [-0.3, -0.25) is 9.59 Å². The van der Waals surface area contributed by atoms with Crippen LogP contribution in [0.3, 0.4) is 0 Å². The van der Waals surface area contributed by atoms with Crippen LogP contribution < -0.4 is 9.47 Å². The average molecular weight is 444 g/mol. The lowest BCUT2D eigenvalue weighted by atomic mass is 9.78. The Bertz CT molecular complexity index is 922. The van der Waals surface area contributed by atoms with Gasteiger partial charge in [0.25, 0.3) is 5.91 Å². The largest absolute Gasteiger partial charge is 0.497 e. The number of amides is 1. The van der Waals surface area contributed by atoms with E-state index in [-0.39, 0.29) is 36.0 Å². The Kier molecular flexibility index (Phi) is 8.09. The molecule has 1 atom stereocenters. The molecule has 0 bridgehead atoms. The van der Waals surface area contributed by atoms with E-state index in [9.17, 15) is 14.0 Å². The SMILES string of the molecule is CCOC(=O)C[C@H](c1ccc(F)cc1)C1CCN(C(=O)c2ccc(OC)cc2OC)CC1. The molecule has 1 fully saturated rings. The summed E-state index contributed by atoms with van der Waals surface area (Å²) >= 11 is 0. The Balaban J connectivity index is 1.72. The minimum atomic E-state index is -0.308. The van der Waals surface area contributed by atoms with E-state index in [4.69, 9.17) is 14.2 Å². The van der Waals surface area contributed by atoms with E-state index in [1.54, 1.807) is 44.4 Å². The van der Waals surface area contributed by atoms with E-state index in [1.165, 1.54) is 19.2 Å². The quantitative estimate of drug-likeness (QED) is 0.565. The third-order valence-electron chi connectivity index (χ3n) is 6.03. The number of likely N-dealkylation sites (tertiary alicyclic amines) is 1. The fraction of sp³-hybridized carbons (Fsp3) is 0.440. The number of carbonyl (C=O) groups excluding carboxylic acids is 2. The first-order chi connectivity index (χ1) is 15.5. The van der Waals surface area contributed by atoms with Gasteiger partial charge in [-0.05, 0) is 61.4 Å². The smallest absolute Gasteiger partial charge is 0.306 e. The number of rotatable bonds is 8. The molecular weight excluding hydrogens is 413 g/mol. The summed E-state index contributed by atoms with van der Waals surface area (Å²) in [6.45, 7) is 3.24. The van der Waals surface area contributed by atoms with Crippen molar-refractivity contribution in [2.24, 2.45) is 5.92 Å². The maximum absolute atomic E-state index is 13.4. The number of ether oxygens (including phenoxy) is 3. The number of hydrogen-bond acceptors (Lipinski definition) is 5. The summed E-state index contributed by atoms with van der Waals surface area (Å²) in [6, 6.07) is 11.5. The monoisotopic (exact) mass is 443 g/mol. The number of benzene rings is 2. The highest BCUT2D eigenvalue weighted by Gasteiger charge is 2.32. The molecule has 0 aliphatic carbocycles. The second-order valence-corrected chi connectivity index (χ2v) is 7.86. The Labute approximate surface area is 188 Å². The van der Waals surface area contributed by atoms with Crippen molar-refractivity contribution in [3.8, 4) is 11.5 Å². The zero-order valence-electron chi connectivity index (χ0n) is 18.8. The van der Waals surface area contributed by atoms with Gasteiger partial charge in [0.05, 0.1) is 32.8 Å². The Morgan fingerprint density at radius 2 is 1.75 bits per heavy atom.